The standard InChI is InChI=1S/C32H23FN4O3/c33-28-8-4-7-24-15-21(11-14-26(24)28)19-37-30-27(31(38)34-18-20-9-12-23(13-10-20)32(39)40)16-25(17-29(30)35-36-37)22-5-2-1-3-6-22/h1-17H,18-19H2,(H,34,38)(H,39,40). The Morgan fingerprint density at radius 3 is 2.38 bits per heavy atom. The maximum absolute atomic E-state index is 14.2. The summed E-state index contributed by atoms with van der Waals surface area (Å²) in [5.41, 5.74) is 5.17. The summed E-state index contributed by atoms with van der Waals surface area (Å²) in [5.74, 6) is -1.59. The van der Waals surface area contributed by atoms with Crippen LogP contribution in [0.2, 0.25) is 0 Å². The van der Waals surface area contributed by atoms with Gasteiger partial charge in [0.2, 0.25) is 0 Å². The molecule has 6 rings (SSSR count). The molecule has 1 aromatic heterocycles. The summed E-state index contributed by atoms with van der Waals surface area (Å²) in [6.45, 7) is 0.554. The maximum Gasteiger partial charge on any atom is 0.335 e. The van der Waals surface area contributed by atoms with Crippen LogP contribution in [0.1, 0.15) is 31.8 Å². The molecule has 5 aromatic carbocycles. The van der Waals surface area contributed by atoms with Crippen molar-refractivity contribution in [2.75, 3.05) is 0 Å². The van der Waals surface area contributed by atoms with Crippen LogP contribution in [0.5, 0.6) is 0 Å². The summed E-state index contributed by atoms with van der Waals surface area (Å²) in [5, 5.41) is 22.2. The quantitative estimate of drug-likeness (QED) is 0.261. The third-order valence-electron chi connectivity index (χ3n) is 6.84. The molecule has 0 radical (unpaired) electrons. The zero-order valence-corrected chi connectivity index (χ0v) is 21.2. The number of carboxylic acid groups (broad SMARTS) is 1. The zero-order valence-electron chi connectivity index (χ0n) is 21.2. The summed E-state index contributed by atoms with van der Waals surface area (Å²) in [7, 11) is 0. The Labute approximate surface area is 228 Å². The van der Waals surface area contributed by atoms with Gasteiger partial charge < -0.3 is 10.4 Å². The zero-order chi connectivity index (χ0) is 27.6. The third kappa shape index (κ3) is 4.90. The number of nitrogens with zero attached hydrogens (tertiary/aromatic N) is 3. The van der Waals surface area contributed by atoms with Gasteiger partial charge in [0.05, 0.1) is 17.7 Å². The number of halogens is 1. The monoisotopic (exact) mass is 530 g/mol. The molecule has 0 aliphatic rings. The first kappa shape index (κ1) is 24.9. The summed E-state index contributed by atoms with van der Waals surface area (Å²) >= 11 is 0. The van der Waals surface area contributed by atoms with E-state index in [1.54, 1.807) is 28.9 Å². The lowest BCUT2D eigenvalue weighted by Gasteiger charge is -2.12. The number of benzene rings is 5. The number of carboxylic acids is 1. The first-order valence-corrected chi connectivity index (χ1v) is 12.7. The fourth-order valence-electron chi connectivity index (χ4n) is 4.80. The normalized spacial score (nSPS) is 11.1. The molecule has 0 aliphatic heterocycles. The summed E-state index contributed by atoms with van der Waals surface area (Å²) in [4.78, 5) is 24.7. The second-order valence-electron chi connectivity index (χ2n) is 9.48. The number of hydrogen-bond acceptors (Lipinski definition) is 4. The molecule has 0 bridgehead atoms. The number of hydrogen-bond donors (Lipinski definition) is 2. The largest absolute Gasteiger partial charge is 0.478 e. The predicted molar refractivity (Wildman–Crippen MR) is 151 cm³/mol. The van der Waals surface area contributed by atoms with E-state index < -0.39 is 5.97 Å². The number of amides is 1. The molecule has 1 heterocycles. The van der Waals surface area contributed by atoms with Crippen LogP contribution < -0.4 is 5.32 Å². The number of fused-ring (bicyclic) bond motifs is 2. The van der Waals surface area contributed by atoms with E-state index >= 15 is 0 Å². The molecule has 7 nitrogen and oxygen atoms in total. The van der Waals surface area contributed by atoms with Gasteiger partial charge in [-0.15, -0.1) is 5.10 Å². The lowest BCUT2D eigenvalue weighted by atomic mass is 10.0. The molecule has 196 valence electrons. The summed E-state index contributed by atoms with van der Waals surface area (Å²) in [6.07, 6.45) is 0. The molecule has 2 N–H and O–H groups in total. The minimum Gasteiger partial charge on any atom is -0.478 e. The van der Waals surface area contributed by atoms with Crippen molar-refractivity contribution < 1.29 is 19.1 Å². The maximum atomic E-state index is 14.2. The SMILES string of the molecule is O=C(O)c1ccc(CNC(=O)c2cc(-c3ccccc3)cc3nnn(Cc4ccc5c(F)cccc5c4)c23)cc1. The highest BCUT2D eigenvalue weighted by Gasteiger charge is 2.19. The van der Waals surface area contributed by atoms with E-state index in [-0.39, 0.29) is 23.8 Å². The van der Waals surface area contributed by atoms with Crippen molar-refractivity contribution in [3.8, 4) is 11.1 Å². The minimum absolute atomic E-state index is 0.179. The second-order valence-corrected chi connectivity index (χ2v) is 9.48. The van der Waals surface area contributed by atoms with Crippen LogP contribution in [-0.2, 0) is 13.1 Å². The van der Waals surface area contributed by atoms with Crippen LogP contribution in [0.4, 0.5) is 4.39 Å². The van der Waals surface area contributed by atoms with Gasteiger partial charge in [-0.05, 0) is 64.0 Å². The number of rotatable bonds is 7. The van der Waals surface area contributed by atoms with Gasteiger partial charge in [-0.25, -0.2) is 13.9 Å². The molecular weight excluding hydrogens is 507 g/mol. The van der Waals surface area contributed by atoms with Crippen molar-refractivity contribution in [2.24, 2.45) is 0 Å². The van der Waals surface area contributed by atoms with E-state index in [1.165, 1.54) is 18.2 Å². The molecule has 8 heteroatoms. The van der Waals surface area contributed by atoms with Gasteiger partial charge in [0, 0.05) is 11.9 Å². The predicted octanol–water partition coefficient (Wildman–Crippen LogP) is 6.07. The Balaban J connectivity index is 1.37. The highest BCUT2D eigenvalue weighted by atomic mass is 19.1. The molecule has 6 aromatic rings. The van der Waals surface area contributed by atoms with Crippen molar-refractivity contribution in [3.63, 3.8) is 0 Å². The molecule has 0 saturated heterocycles. The molecule has 1 amide bonds. The van der Waals surface area contributed by atoms with Gasteiger partial charge in [-0.1, -0.05) is 71.9 Å². The average molecular weight is 531 g/mol. The van der Waals surface area contributed by atoms with Crippen LogP contribution in [0.3, 0.4) is 0 Å². The molecule has 0 spiro atoms. The second kappa shape index (κ2) is 10.4. The Kier molecular flexibility index (Phi) is 6.49. The molecular formula is C32H23FN4O3. The van der Waals surface area contributed by atoms with Crippen LogP contribution in [0.15, 0.2) is 103 Å². The fourth-order valence-corrected chi connectivity index (χ4v) is 4.80. The third-order valence-corrected chi connectivity index (χ3v) is 6.84. The lowest BCUT2D eigenvalue weighted by Crippen LogP contribution is -2.24. The van der Waals surface area contributed by atoms with E-state index in [2.05, 4.69) is 15.6 Å². The van der Waals surface area contributed by atoms with Crippen molar-refractivity contribution in [1.29, 1.82) is 0 Å². The van der Waals surface area contributed by atoms with Gasteiger partial charge >= 0.3 is 5.97 Å². The topological polar surface area (TPSA) is 97.1 Å². The highest BCUT2D eigenvalue weighted by molar-refractivity contribution is 6.06. The number of aromatic nitrogens is 3. The van der Waals surface area contributed by atoms with Crippen LogP contribution in [-0.4, -0.2) is 32.0 Å². The Hall–Kier alpha value is -5.37. The molecule has 0 unspecified atom stereocenters. The van der Waals surface area contributed by atoms with E-state index in [1.807, 2.05) is 60.7 Å². The lowest BCUT2D eigenvalue weighted by molar-refractivity contribution is 0.0696. The Bertz CT molecular complexity index is 1880. The Morgan fingerprint density at radius 1 is 0.825 bits per heavy atom. The molecule has 0 saturated carbocycles. The molecule has 40 heavy (non-hydrogen) atoms. The van der Waals surface area contributed by atoms with Crippen LogP contribution in [0, 0.1) is 5.82 Å². The fraction of sp³-hybridized carbons (Fsp3) is 0.0625. The van der Waals surface area contributed by atoms with Gasteiger partial charge in [0.15, 0.2) is 0 Å². The van der Waals surface area contributed by atoms with Gasteiger partial charge in [-0.3, -0.25) is 4.79 Å². The smallest absolute Gasteiger partial charge is 0.335 e. The summed E-state index contributed by atoms with van der Waals surface area (Å²) < 4.78 is 15.9. The van der Waals surface area contributed by atoms with E-state index in [0.29, 0.717) is 28.5 Å². The van der Waals surface area contributed by atoms with Gasteiger partial charge in [0.1, 0.15) is 16.9 Å². The Morgan fingerprint density at radius 2 is 1.60 bits per heavy atom. The highest BCUT2D eigenvalue weighted by Crippen LogP contribution is 2.28. The minimum atomic E-state index is -1.01. The van der Waals surface area contributed by atoms with Crippen molar-refractivity contribution in [1.82, 2.24) is 20.3 Å². The molecule has 0 aliphatic carbocycles. The van der Waals surface area contributed by atoms with Crippen LogP contribution in [0.25, 0.3) is 32.9 Å². The van der Waals surface area contributed by atoms with Crippen molar-refractivity contribution in [2.45, 2.75) is 13.1 Å². The first-order valence-electron chi connectivity index (χ1n) is 12.7. The van der Waals surface area contributed by atoms with Gasteiger partial charge in [0.25, 0.3) is 5.91 Å². The number of nitrogens with one attached hydrogen (secondary N) is 1. The first-order chi connectivity index (χ1) is 19.5. The van der Waals surface area contributed by atoms with Crippen LogP contribution >= 0.6 is 0 Å². The average Bonchev–Trinajstić information content (AvgIpc) is 3.38. The molecule has 0 atom stereocenters. The van der Waals surface area contributed by atoms with E-state index in [9.17, 15) is 14.0 Å². The number of aromatic carboxylic acids is 1. The molecule has 0 fully saturated rings. The number of carbonyl (C=O) groups is 2. The van der Waals surface area contributed by atoms with Crippen molar-refractivity contribution in [3.05, 3.63) is 131 Å². The van der Waals surface area contributed by atoms with Gasteiger partial charge in [-0.2, -0.15) is 0 Å². The van der Waals surface area contributed by atoms with E-state index in [4.69, 9.17) is 5.11 Å². The van der Waals surface area contributed by atoms with E-state index in [0.717, 1.165) is 27.6 Å². The summed E-state index contributed by atoms with van der Waals surface area (Å²) in [6, 6.07) is 30.3. The number of carbonyl (C=O) groups excluding carboxylic acids is 1. The van der Waals surface area contributed by atoms with Crippen molar-refractivity contribution >= 4 is 33.7 Å².